The molecular formula is C26H27ClN4O4. The Labute approximate surface area is 208 Å². The first kappa shape index (κ1) is 24.5. The van der Waals surface area contributed by atoms with E-state index in [4.69, 9.17) is 16.0 Å². The summed E-state index contributed by atoms with van der Waals surface area (Å²) in [5, 5.41) is 6.16. The number of carbonyl (C=O) groups excluding carboxylic acids is 3. The van der Waals surface area contributed by atoms with Crippen LogP contribution >= 0.6 is 11.6 Å². The molecule has 1 fully saturated rings. The summed E-state index contributed by atoms with van der Waals surface area (Å²) in [4.78, 5) is 45.1. The molecule has 2 aromatic heterocycles. The third kappa shape index (κ3) is 6.27. The van der Waals surface area contributed by atoms with Crippen LogP contribution < -0.4 is 10.6 Å². The summed E-state index contributed by atoms with van der Waals surface area (Å²) in [6.45, 7) is -0.246. The van der Waals surface area contributed by atoms with Gasteiger partial charge in [0, 0.05) is 35.6 Å². The van der Waals surface area contributed by atoms with Crippen molar-refractivity contribution in [2.24, 2.45) is 0 Å². The molecule has 1 aliphatic rings. The molecule has 8 nitrogen and oxygen atoms in total. The van der Waals surface area contributed by atoms with Gasteiger partial charge in [0.2, 0.25) is 11.8 Å². The molecule has 182 valence electrons. The molecule has 2 heterocycles. The Bertz CT molecular complexity index is 1150. The van der Waals surface area contributed by atoms with Crippen LogP contribution in [-0.4, -0.2) is 40.2 Å². The number of halogens is 1. The lowest BCUT2D eigenvalue weighted by molar-refractivity contribution is -0.141. The van der Waals surface area contributed by atoms with Crippen molar-refractivity contribution in [3.63, 3.8) is 0 Å². The standard InChI is InChI=1S/C26H27ClN4O4/c27-21-11-4-1-7-19(21)17-31(23(32)16-29-25(33)22-12-6-14-35-22)24(18-8-5-13-28-15-18)26(34)30-20-9-2-3-10-20/h1,4-8,11-15,20,24H,2-3,9-10,16-17H2,(H,29,33)(H,30,34)/t24-/m1/s1. The fourth-order valence-electron chi connectivity index (χ4n) is 4.25. The number of rotatable bonds is 9. The van der Waals surface area contributed by atoms with Crippen LogP contribution in [0.2, 0.25) is 5.02 Å². The zero-order chi connectivity index (χ0) is 24.6. The highest BCUT2D eigenvalue weighted by molar-refractivity contribution is 6.31. The van der Waals surface area contributed by atoms with Crippen molar-refractivity contribution in [3.8, 4) is 0 Å². The van der Waals surface area contributed by atoms with Gasteiger partial charge in [-0.15, -0.1) is 0 Å². The summed E-state index contributed by atoms with van der Waals surface area (Å²) in [7, 11) is 0. The molecule has 1 saturated carbocycles. The lowest BCUT2D eigenvalue weighted by atomic mass is 10.0. The summed E-state index contributed by atoms with van der Waals surface area (Å²) in [6.07, 6.45) is 8.50. The number of nitrogens with zero attached hydrogens (tertiary/aromatic N) is 2. The number of hydrogen-bond acceptors (Lipinski definition) is 5. The molecule has 2 N–H and O–H groups in total. The second kappa shape index (κ2) is 11.7. The van der Waals surface area contributed by atoms with Gasteiger partial charge in [-0.05, 0) is 42.7 Å². The minimum absolute atomic E-state index is 0.0672. The Morgan fingerprint density at radius 2 is 1.89 bits per heavy atom. The summed E-state index contributed by atoms with van der Waals surface area (Å²) >= 11 is 6.40. The van der Waals surface area contributed by atoms with Crippen molar-refractivity contribution in [3.05, 3.63) is 89.1 Å². The van der Waals surface area contributed by atoms with Crippen LogP contribution in [0, 0.1) is 0 Å². The zero-order valence-electron chi connectivity index (χ0n) is 19.2. The monoisotopic (exact) mass is 494 g/mol. The molecule has 0 spiro atoms. The van der Waals surface area contributed by atoms with E-state index in [1.54, 1.807) is 48.8 Å². The van der Waals surface area contributed by atoms with E-state index in [1.165, 1.54) is 17.2 Å². The number of furan rings is 1. The molecule has 3 aromatic rings. The number of aromatic nitrogens is 1. The zero-order valence-corrected chi connectivity index (χ0v) is 19.9. The molecule has 9 heteroatoms. The summed E-state index contributed by atoms with van der Waals surface area (Å²) in [5.41, 5.74) is 1.25. The minimum Gasteiger partial charge on any atom is -0.459 e. The van der Waals surface area contributed by atoms with E-state index in [0.29, 0.717) is 16.1 Å². The Kier molecular flexibility index (Phi) is 8.15. The molecule has 0 unspecified atom stereocenters. The Morgan fingerprint density at radius 3 is 2.57 bits per heavy atom. The van der Waals surface area contributed by atoms with Crippen LogP contribution in [-0.2, 0) is 16.1 Å². The highest BCUT2D eigenvalue weighted by Gasteiger charge is 2.34. The van der Waals surface area contributed by atoms with Crippen molar-refractivity contribution >= 4 is 29.3 Å². The molecule has 1 aliphatic carbocycles. The van der Waals surface area contributed by atoms with Crippen LogP contribution in [0.1, 0.15) is 53.4 Å². The van der Waals surface area contributed by atoms with Crippen molar-refractivity contribution in [2.75, 3.05) is 6.54 Å². The van der Waals surface area contributed by atoms with Crippen LogP contribution in [0.15, 0.2) is 71.6 Å². The first-order valence-electron chi connectivity index (χ1n) is 11.6. The van der Waals surface area contributed by atoms with Crippen molar-refractivity contribution in [2.45, 2.75) is 44.3 Å². The van der Waals surface area contributed by atoms with E-state index in [0.717, 1.165) is 25.7 Å². The average Bonchev–Trinajstić information content (AvgIpc) is 3.58. The summed E-state index contributed by atoms with van der Waals surface area (Å²) in [6, 6.07) is 12.9. The Hall–Kier alpha value is -3.65. The highest BCUT2D eigenvalue weighted by atomic mass is 35.5. The van der Waals surface area contributed by atoms with Gasteiger partial charge in [-0.1, -0.05) is 48.7 Å². The fraction of sp³-hybridized carbons (Fsp3) is 0.308. The van der Waals surface area contributed by atoms with Gasteiger partial charge >= 0.3 is 0 Å². The summed E-state index contributed by atoms with van der Waals surface area (Å²) < 4.78 is 5.10. The molecule has 35 heavy (non-hydrogen) atoms. The van der Waals surface area contributed by atoms with Crippen LogP contribution in [0.25, 0.3) is 0 Å². The highest BCUT2D eigenvalue weighted by Crippen LogP contribution is 2.27. The van der Waals surface area contributed by atoms with Gasteiger partial charge in [-0.2, -0.15) is 0 Å². The summed E-state index contributed by atoms with van der Waals surface area (Å²) in [5.74, 6) is -1.16. The predicted octanol–water partition coefficient (Wildman–Crippen LogP) is 3.89. The quantitative estimate of drug-likeness (QED) is 0.469. The van der Waals surface area contributed by atoms with Gasteiger partial charge in [0.15, 0.2) is 5.76 Å². The van der Waals surface area contributed by atoms with E-state index < -0.39 is 17.9 Å². The molecule has 0 aliphatic heterocycles. The Morgan fingerprint density at radius 1 is 1.09 bits per heavy atom. The molecule has 0 bridgehead atoms. The van der Waals surface area contributed by atoms with Gasteiger partial charge in [0.05, 0.1) is 12.8 Å². The largest absolute Gasteiger partial charge is 0.459 e. The van der Waals surface area contributed by atoms with E-state index in [9.17, 15) is 14.4 Å². The lowest BCUT2D eigenvalue weighted by Gasteiger charge is -2.32. The van der Waals surface area contributed by atoms with Crippen LogP contribution in [0.4, 0.5) is 0 Å². The van der Waals surface area contributed by atoms with E-state index in [1.807, 2.05) is 6.07 Å². The maximum Gasteiger partial charge on any atom is 0.287 e. The molecule has 0 saturated heterocycles. The molecular weight excluding hydrogens is 468 g/mol. The normalized spacial score (nSPS) is 14.3. The van der Waals surface area contributed by atoms with Crippen molar-refractivity contribution < 1.29 is 18.8 Å². The number of benzene rings is 1. The second-order valence-electron chi connectivity index (χ2n) is 8.45. The van der Waals surface area contributed by atoms with E-state index >= 15 is 0 Å². The lowest BCUT2D eigenvalue weighted by Crippen LogP contribution is -2.48. The SMILES string of the molecule is O=C(NCC(=O)N(Cc1ccccc1Cl)[C@@H](C(=O)NC1CCCC1)c1cccnc1)c1ccco1. The molecule has 1 atom stereocenters. The van der Waals surface area contributed by atoms with E-state index in [2.05, 4.69) is 15.6 Å². The number of hydrogen-bond donors (Lipinski definition) is 2. The van der Waals surface area contributed by atoms with Crippen molar-refractivity contribution in [1.82, 2.24) is 20.5 Å². The molecule has 4 rings (SSSR count). The van der Waals surface area contributed by atoms with Crippen molar-refractivity contribution in [1.29, 1.82) is 0 Å². The number of carbonyl (C=O) groups is 3. The maximum atomic E-state index is 13.6. The van der Waals surface area contributed by atoms with Crippen LogP contribution in [0.3, 0.4) is 0 Å². The van der Waals surface area contributed by atoms with Gasteiger partial charge in [-0.25, -0.2) is 0 Å². The topological polar surface area (TPSA) is 105 Å². The third-order valence-electron chi connectivity index (χ3n) is 6.03. The van der Waals surface area contributed by atoms with Gasteiger partial charge in [-0.3, -0.25) is 19.4 Å². The molecule has 3 amide bonds. The number of pyridine rings is 1. The van der Waals surface area contributed by atoms with Gasteiger partial charge < -0.3 is 20.0 Å². The smallest absolute Gasteiger partial charge is 0.287 e. The first-order valence-corrected chi connectivity index (χ1v) is 12.0. The number of nitrogens with one attached hydrogen (secondary N) is 2. The van der Waals surface area contributed by atoms with E-state index in [-0.39, 0.29) is 30.8 Å². The average molecular weight is 495 g/mol. The second-order valence-corrected chi connectivity index (χ2v) is 8.86. The molecule has 0 radical (unpaired) electrons. The fourth-order valence-corrected chi connectivity index (χ4v) is 4.44. The molecule has 1 aromatic carbocycles. The maximum absolute atomic E-state index is 13.6. The Balaban J connectivity index is 1.63. The predicted molar refractivity (Wildman–Crippen MR) is 130 cm³/mol. The third-order valence-corrected chi connectivity index (χ3v) is 6.39. The van der Waals surface area contributed by atoms with Gasteiger partial charge in [0.25, 0.3) is 5.91 Å². The number of amides is 3. The van der Waals surface area contributed by atoms with Gasteiger partial charge in [0.1, 0.15) is 6.04 Å². The van der Waals surface area contributed by atoms with Crippen LogP contribution in [0.5, 0.6) is 0 Å². The minimum atomic E-state index is -0.950. The first-order chi connectivity index (χ1) is 17.0.